The number of carboxylic acid groups (broad SMARTS) is 1. The maximum atomic E-state index is 11.8. The van der Waals surface area contributed by atoms with E-state index in [0.29, 0.717) is 4.67 Å². The first-order chi connectivity index (χ1) is 8.58. The number of hydrogen-bond donors (Lipinski definition) is 2. The zero-order chi connectivity index (χ0) is 13.1. The maximum absolute atomic E-state index is 11.8. The molecule has 92 valence electrons. The summed E-state index contributed by atoms with van der Waals surface area (Å²) in [5.41, 5.74) is 0.0755. The number of anilines is 1. The van der Waals surface area contributed by atoms with Crippen LogP contribution >= 0.6 is 15.9 Å². The Morgan fingerprint density at radius 3 is 2.72 bits per heavy atom. The number of furan rings is 1. The number of carbonyl (C=O) groups excluding carboxylic acids is 1. The summed E-state index contributed by atoms with van der Waals surface area (Å²) >= 11 is 3.07. The van der Waals surface area contributed by atoms with Crippen LogP contribution in [0.1, 0.15) is 20.9 Å². The Morgan fingerprint density at radius 2 is 2.11 bits per heavy atom. The zero-order valence-electron chi connectivity index (χ0n) is 8.88. The standard InChI is InChI=1S/C11H7BrN2O4/c12-9-2-1-8(18-9)10(15)14-7-5-13-4-3-6(7)11(16)17/h1-5H,(H,14,15)(H,16,17). The monoisotopic (exact) mass is 310 g/mol. The Bertz CT molecular complexity index is 609. The van der Waals surface area contributed by atoms with Gasteiger partial charge in [0, 0.05) is 6.20 Å². The number of aromatic nitrogens is 1. The Kier molecular flexibility index (Phi) is 3.42. The number of pyridine rings is 1. The van der Waals surface area contributed by atoms with Crippen LogP contribution in [0.4, 0.5) is 5.69 Å². The van der Waals surface area contributed by atoms with Crippen LogP contribution < -0.4 is 5.32 Å². The van der Waals surface area contributed by atoms with Gasteiger partial charge in [-0.15, -0.1) is 0 Å². The van der Waals surface area contributed by atoms with Gasteiger partial charge in [0.2, 0.25) is 0 Å². The number of halogens is 1. The molecule has 0 fully saturated rings. The van der Waals surface area contributed by atoms with Gasteiger partial charge in [0.15, 0.2) is 10.4 Å². The second-order valence-electron chi connectivity index (χ2n) is 3.28. The molecule has 0 bridgehead atoms. The highest BCUT2D eigenvalue weighted by Crippen LogP contribution is 2.18. The molecule has 2 aromatic heterocycles. The number of hydrogen-bond acceptors (Lipinski definition) is 4. The molecule has 2 rings (SSSR count). The van der Waals surface area contributed by atoms with Crippen LogP contribution in [-0.2, 0) is 0 Å². The predicted molar refractivity (Wildman–Crippen MR) is 65.6 cm³/mol. The highest BCUT2D eigenvalue weighted by molar-refractivity contribution is 9.10. The van der Waals surface area contributed by atoms with E-state index >= 15 is 0 Å². The molecule has 0 saturated carbocycles. The first kappa shape index (κ1) is 12.3. The minimum Gasteiger partial charge on any atom is -0.478 e. The van der Waals surface area contributed by atoms with E-state index in [1.54, 1.807) is 6.07 Å². The molecule has 0 aliphatic rings. The molecule has 0 saturated heterocycles. The lowest BCUT2D eigenvalue weighted by molar-refractivity contribution is 0.0698. The van der Waals surface area contributed by atoms with Crippen molar-refractivity contribution in [3.8, 4) is 0 Å². The largest absolute Gasteiger partial charge is 0.478 e. The van der Waals surface area contributed by atoms with Gasteiger partial charge in [0.1, 0.15) is 0 Å². The van der Waals surface area contributed by atoms with Gasteiger partial charge in [-0.3, -0.25) is 9.78 Å². The van der Waals surface area contributed by atoms with Crippen molar-refractivity contribution in [2.45, 2.75) is 0 Å². The summed E-state index contributed by atoms with van der Waals surface area (Å²) in [5.74, 6) is -1.62. The molecule has 2 aromatic rings. The number of rotatable bonds is 3. The van der Waals surface area contributed by atoms with Gasteiger partial charge in [0.05, 0.1) is 17.4 Å². The van der Waals surface area contributed by atoms with Crippen LogP contribution in [0.3, 0.4) is 0 Å². The Balaban J connectivity index is 2.24. The third-order valence-electron chi connectivity index (χ3n) is 2.10. The first-order valence-electron chi connectivity index (χ1n) is 4.82. The number of amides is 1. The molecule has 0 atom stereocenters. The van der Waals surface area contributed by atoms with Crippen LogP contribution in [0, 0.1) is 0 Å². The van der Waals surface area contributed by atoms with Gasteiger partial charge in [-0.2, -0.15) is 0 Å². The number of nitrogens with one attached hydrogen (secondary N) is 1. The molecule has 0 aromatic carbocycles. The normalized spacial score (nSPS) is 10.1. The van der Waals surface area contributed by atoms with E-state index in [9.17, 15) is 9.59 Å². The fraction of sp³-hybridized carbons (Fsp3) is 0. The van der Waals surface area contributed by atoms with Gasteiger partial charge in [-0.1, -0.05) is 0 Å². The molecule has 6 nitrogen and oxygen atoms in total. The summed E-state index contributed by atoms with van der Waals surface area (Å²) in [6.07, 6.45) is 2.60. The van der Waals surface area contributed by atoms with E-state index in [2.05, 4.69) is 26.2 Å². The smallest absolute Gasteiger partial charge is 0.337 e. The van der Waals surface area contributed by atoms with E-state index in [1.165, 1.54) is 24.5 Å². The van der Waals surface area contributed by atoms with E-state index < -0.39 is 11.9 Å². The summed E-state index contributed by atoms with van der Waals surface area (Å²) in [7, 11) is 0. The Morgan fingerprint density at radius 1 is 1.33 bits per heavy atom. The van der Waals surface area contributed by atoms with Crippen molar-refractivity contribution in [2.24, 2.45) is 0 Å². The molecule has 1 amide bonds. The molecule has 7 heteroatoms. The van der Waals surface area contributed by atoms with Crippen molar-refractivity contribution in [1.29, 1.82) is 0 Å². The topological polar surface area (TPSA) is 92.4 Å². The maximum Gasteiger partial charge on any atom is 0.337 e. The lowest BCUT2D eigenvalue weighted by atomic mass is 10.2. The lowest BCUT2D eigenvalue weighted by Gasteiger charge is -2.05. The lowest BCUT2D eigenvalue weighted by Crippen LogP contribution is -2.14. The molecule has 2 heterocycles. The predicted octanol–water partition coefficient (Wildman–Crippen LogP) is 2.39. The number of carbonyl (C=O) groups is 2. The van der Waals surface area contributed by atoms with Crippen LogP contribution in [-0.4, -0.2) is 22.0 Å². The Labute approximate surface area is 110 Å². The average Bonchev–Trinajstić information content (AvgIpc) is 2.76. The molecular weight excluding hydrogens is 304 g/mol. The van der Waals surface area contributed by atoms with E-state index in [4.69, 9.17) is 9.52 Å². The van der Waals surface area contributed by atoms with Crippen molar-refractivity contribution in [3.63, 3.8) is 0 Å². The highest BCUT2D eigenvalue weighted by Gasteiger charge is 2.15. The minimum absolute atomic E-state index is 0.0380. The SMILES string of the molecule is O=C(Nc1cnccc1C(=O)O)c1ccc(Br)o1. The average molecular weight is 311 g/mol. The van der Waals surface area contributed by atoms with Crippen LogP contribution in [0.5, 0.6) is 0 Å². The fourth-order valence-electron chi connectivity index (χ4n) is 1.30. The van der Waals surface area contributed by atoms with Crippen LogP contribution in [0.2, 0.25) is 0 Å². The second kappa shape index (κ2) is 5.01. The van der Waals surface area contributed by atoms with E-state index in [0.717, 1.165) is 0 Å². The number of aromatic carboxylic acids is 1. The fourth-order valence-corrected chi connectivity index (χ4v) is 1.61. The van der Waals surface area contributed by atoms with Crippen molar-refractivity contribution in [3.05, 3.63) is 46.6 Å². The van der Waals surface area contributed by atoms with E-state index in [1.807, 2.05) is 0 Å². The van der Waals surface area contributed by atoms with Crippen LogP contribution in [0.25, 0.3) is 0 Å². The molecule has 0 aliphatic carbocycles. The second-order valence-corrected chi connectivity index (χ2v) is 4.07. The van der Waals surface area contributed by atoms with E-state index in [-0.39, 0.29) is 17.0 Å². The van der Waals surface area contributed by atoms with Gasteiger partial charge in [-0.05, 0) is 34.1 Å². The molecule has 0 radical (unpaired) electrons. The van der Waals surface area contributed by atoms with Crippen molar-refractivity contribution in [1.82, 2.24) is 4.98 Å². The number of carboxylic acids is 1. The highest BCUT2D eigenvalue weighted by atomic mass is 79.9. The number of nitrogens with zero attached hydrogens (tertiary/aromatic N) is 1. The molecule has 2 N–H and O–H groups in total. The summed E-state index contributed by atoms with van der Waals surface area (Å²) in [4.78, 5) is 26.5. The van der Waals surface area contributed by atoms with Gasteiger partial charge >= 0.3 is 5.97 Å². The van der Waals surface area contributed by atoms with Gasteiger partial charge in [-0.25, -0.2) is 4.79 Å². The summed E-state index contributed by atoms with van der Waals surface area (Å²) in [6.45, 7) is 0. The van der Waals surface area contributed by atoms with Gasteiger partial charge in [0.25, 0.3) is 5.91 Å². The van der Waals surface area contributed by atoms with Gasteiger partial charge < -0.3 is 14.8 Å². The van der Waals surface area contributed by atoms with Crippen molar-refractivity contribution in [2.75, 3.05) is 5.32 Å². The molecular formula is C11H7BrN2O4. The zero-order valence-corrected chi connectivity index (χ0v) is 10.5. The quantitative estimate of drug-likeness (QED) is 0.908. The molecule has 18 heavy (non-hydrogen) atoms. The third-order valence-corrected chi connectivity index (χ3v) is 2.52. The molecule has 0 spiro atoms. The summed E-state index contributed by atoms with van der Waals surface area (Å²) in [5, 5.41) is 11.4. The first-order valence-corrected chi connectivity index (χ1v) is 5.61. The third kappa shape index (κ3) is 2.57. The minimum atomic E-state index is -1.15. The molecule has 0 aliphatic heterocycles. The summed E-state index contributed by atoms with van der Waals surface area (Å²) in [6, 6.07) is 4.34. The Hall–Kier alpha value is -2.15. The van der Waals surface area contributed by atoms with Crippen molar-refractivity contribution >= 4 is 33.5 Å². The van der Waals surface area contributed by atoms with Crippen molar-refractivity contribution < 1.29 is 19.1 Å². The van der Waals surface area contributed by atoms with Crippen LogP contribution in [0.15, 0.2) is 39.7 Å². The molecule has 0 unspecified atom stereocenters. The summed E-state index contributed by atoms with van der Waals surface area (Å²) < 4.78 is 5.47.